The Bertz CT molecular complexity index is 899. The van der Waals surface area contributed by atoms with Crippen molar-refractivity contribution in [2.75, 3.05) is 13.2 Å². The molecule has 0 spiro atoms. The molecule has 0 saturated heterocycles. The summed E-state index contributed by atoms with van der Waals surface area (Å²) in [6, 6.07) is 3.60. The summed E-state index contributed by atoms with van der Waals surface area (Å²) in [4.78, 5) is 16.2. The van der Waals surface area contributed by atoms with Crippen molar-refractivity contribution in [1.29, 1.82) is 0 Å². The summed E-state index contributed by atoms with van der Waals surface area (Å²) in [5.41, 5.74) is -0.671. The summed E-state index contributed by atoms with van der Waals surface area (Å²) in [7, 11) is 1.64. The van der Waals surface area contributed by atoms with E-state index >= 15 is 0 Å². The molecule has 2 aromatic heterocycles. The van der Waals surface area contributed by atoms with Crippen molar-refractivity contribution in [3.05, 3.63) is 41.3 Å². The van der Waals surface area contributed by atoms with Gasteiger partial charge in [0.2, 0.25) is 5.88 Å². The van der Waals surface area contributed by atoms with E-state index in [2.05, 4.69) is 15.4 Å². The van der Waals surface area contributed by atoms with Crippen molar-refractivity contribution in [3.8, 4) is 5.88 Å². The number of aromatic nitrogens is 3. The Morgan fingerprint density at radius 2 is 1.91 bits per heavy atom. The SMILES string of the molecule is Cc1cc(C(=O)NCC2(COc3ccc(C(F)(F)F)cn3)C[C@@H](O)[C@@H](O)C2)n(C)n1.Cl.Cl. The molecule has 1 amide bonds. The van der Waals surface area contributed by atoms with Crippen molar-refractivity contribution >= 4 is 30.7 Å². The zero-order valence-electron chi connectivity index (χ0n) is 17.3. The molecule has 3 rings (SSSR count). The number of amides is 1. The Labute approximate surface area is 195 Å². The molecule has 1 saturated carbocycles. The van der Waals surface area contributed by atoms with Gasteiger partial charge in [-0.15, -0.1) is 24.8 Å². The van der Waals surface area contributed by atoms with E-state index in [9.17, 15) is 28.2 Å². The monoisotopic (exact) mass is 500 g/mol. The van der Waals surface area contributed by atoms with Crippen LogP contribution in [0.15, 0.2) is 24.4 Å². The van der Waals surface area contributed by atoms with Gasteiger partial charge in [-0.05, 0) is 31.9 Å². The molecule has 1 fully saturated rings. The first-order valence-corrected chi connectivity index (χ1v) is 9.30. The fraction of sp³-hybridized carbons (Fsp3) is 0.526. The van der Waals surface area contributed by atoms with Crippen LogP contribution in [-0.4, -0.2) is 56.2 Å². The van der Waals surface area contributed by atoms with Crippen LogP contribution in [0.25, 0.3) is 0 Å². The number of pyridine rings is 1. The van der Waals surface area contributed by atoms with Gasteiger partial charge < -0.3 is 20.3 Å². The number of nitrogens with zero attached hydrogens (tertiary/aromatic N) is 3. The van der Waals surface area contributed by atoms with Crippen molar-refractivity contribution < 1.29 is 32.9 Å². The average Bonchev–Trinajstić information content (AvgIpc) is 3.16. The van der Waals surface area contributed by atoms with Gasteiger partial charge in [-0.3, -0.25) is 9.48 Å². The minimum absolute atomic E-state index is 0. The Kier molecular flexibility index (Phi) is 9.34. The Hall–Kier alpha value is -2.08. The molecule has 1 aliphatic carbocycles. The van der Waals surface area contributed by atoms with Crippen molar-refractivity contribution in [2.45, 2.75) is 38.1 Å². The van der Waals surface area contributed by atoms with Gasteiger partial charge in [-0.25, -0.2) is 4.98 Å². The third kappa shape index (κ3) is 6.47. The average molecular weight is 501 g/mol. The molecule has 0 aliphatic heterocycles. The van der Waals surface area contributed by atoms with E-state index in [1.165, 1.54) is 4.68 Å². The normalized spacial score (nSPS) is 22.6. The molecule has 0 bridgehead atoms. The topological polar surface area (TPSA) is 110 Å². The minimum Gasteiger partial charge on any atom is -0.477 e. The molecule has 8 nitrogen and oxygen atoms in total. The van der Waals surface area contributed by atoms with E-state index in [0.29, 0.717) is 17.6 Å². The third-order valence-electron chi connectivity index (χ3n) is 5.18. The van der Waals surface area contributed by atoms with Crippen LogP contribution in [0.2, 0.25) is 0 Å². The predicted molar refractivity (Wildman–Crippen MR) is 113 cm³/mol. The predicted octanol–water partition coefficient (Wildman–Crippen LogP) is 2.30. The van der Waals surface area contributed by atoms with E-state index in [-0.39, 0.29) is 62.6 Å². The number of carbonyl (C=O) groups is 1. The van der Waals surface area contributed by atoms with Crippen LogP contribution in [0.3, 0.4) is 0 Å². The first-order chi connectivity index (χ1) is 14.0. The lowest BCUT2D eigenvalue weighted by molar-refractivity contribution is -0.137. The highest BCUT2D eigenvalue weighted by Gasteiger charge is 2.45. The number of halogens is 5. The van der Waals surface area contributed by atoms with Crippen LogP contribution in [0.5, 0.6) is 5.88 Å². The Balaban J connectivity index is 0.00000256. The highest BCUT2D eigenvalue weighted by molar-refractivity contribution is 5.92. The molecule has 32 heavy (non-hydrogen) atoms. The van der Waals surface area contributed by atoms with Gasteiger partial charge >= 0.3 is 6.18 Å². The highest BCUT2D eigenvalue weighted by atomic mass is 35.5. The maximum Gasteiger partial charge on any atom is 0.417 e. The number of alkyl halides is 3. The second-order valence-corrected chi connectivity index (χ2v) is 7.69. The first kappa shape index (κ1) is 28.0. The van der Waals surface area contributed by atoms with Crippen LogP contribution in [0, 0.1) is 12.3 Å². The van der Waals surface area contributed by atoms with Gasteiger partial charge in [0.1, 0.15) is 5.69 Å². The van der Waals surface area contributed by atoms with Crippen LogP contribution in [-0.2, 0) is 13.2 Å². The fourth-order valence-electron chi connectivity index (χ4n) is 3.60. The second-order valence-electron chi connectivity index (χ2n) is 7.69. The standard InChI is InChI=1S/C19H23F3N4O4.2ClH/c1-11-5-13(26(2)25-11)17(29)24-9-18(6-14(27)15(28)7-18)10-30-16-4-3-12(8-23-16)19(20,21)22;;/h3-5,8,14-15,27-28H,6-7,9-10H2,1-2H3,(H,24,29);2*1H/t14-,15+,18?;;. The summed E-state index contributed by atoms with van der Waals surface area (Å²) in [5, 5.41) is 26.9. The molecule has 1 aliphatic rings. The summed E-state index contributed by atoms with van der Waals surface area (Å²) in [6.07, 6.45) is -5.51. The van der Waals surface area contributed by atoms with Crippen LogP contribution >= 0.6 is 24.8 Å². The van der Waals surface area contributed by atoms with Gasteiger partial charge in [0.05, 0.1) is 30.1 Å². The quantitative estimate of drug-likeness (QED) is 0.561. The Morgan fingerprint density at radius 1 is 1.28 bits per heavy atom. The smallest absolute Gasteiger partial charge is 0.417 e. The zero-order chi connectivity index (χ0) is 22.1. The number of aryl methyl sites for hydroxylation is 2. The minimum atomic E-state index is -4.50. The van der Waals surface area contributed by atoms with E-state index in [4.69, 9.17) is 4.74 Å². The van der Waals surface area contributed by atoms with Crippen molar-refractivity contribution in [2.24, 2.45) is 12.5 Å². The van der Waals surface area contributed by atoms with Gasteiger partial charge in [0.25, 0.3) is 5.91 Å². The van der Waals surface area contributed by atoms with E-state index in [0.717, 1.165) is 12.1 Å². The van der Waals surface area contributed by atoms with Crippen molar-refractivity contribution in [3.63, 3.8) is 0 Å². The molecule has 13 heteroatoms. The summed E-state index contributed by atoms with van der Waals surface area (Å²) in [5.74, 6) is -0.396. The third-order valence-corrected chi connectivity index (χ3v) is 5.18. The van der Waals surface area contributed by atoms with Crippen molar-refractivity contribution in [1.82, 2.24) is 20.1 Å². The zero-order valence-corrected chi connectivity index (χ0v) is 18.9. The first-order valence-electron chi connectivity index (χ1n) is 9.30. The van der Waals surface area contributed by atoms with Gasteiger partial charge in [-0.1, -0.05) is 0 Å². The lowest BCUT2D eigenvalue weighted by atomic mass is 9.86. The number of ether oxygens (including phenoxy) is 1. The van der Waals surface area contributed by atoms with Gasteiger partial charge in [0, 0.05) is 31.3 Å². The molecule has 0 radical (unpaired) electrons. The molecule has 3 N–H and O–H groups in total. The molecule has 180 valence electrons. The Morgan fingerprint density at radius 3 is 2.38 bits per heavy atom. The molecule has 3 atom stereocenters. The summed E-state index contributed by atoms with van der Waals surface area (Å²) < 4.78 is 45.0. The van der Waals surface area contributed by atoms with Crippen LogP contribution < -0.4 is 10.1 Å². The molecule has 0 aromatic carbocycles. The highest BCUT2D eigenvalue weighted by Crippen LogP contribution is 2.39. The van der Waals surface area contributed by atoms with Crippen LogP contribution in [0.1, 0.15) is 34.6 Å². The molecular weight excluding hydrogens is 476 g/mol. The summed E-state index contributed by atoms with van der Waals surface area (Å²) in [6.45, 7) is 1.79. The molecule has 2 heterocycles. The largest absolute Gasteiger partial charge is 0.477 e. The number of aliphatic hydroxyl groups is 2. The maximum absolute atomic E-state index is 12.7. The van der Waals surface area contributed by atoms with Gasteiger partial charge in [-0.2, -0.15) is 18.3 Å². The van der Waals surface area contributed by atoms with Crippen LogP contribution in [0.4, 0.5) is 13.2 Å². The lowest BCUT2D eigenvalue weighted by Gasteiger charge is -2.29. The maximum atomic E-state index is 12.7. The molecule has 1 unspecified atom stereocenters. The fourth-order valence-corrected chi connectivity index (χ4v) is 3.60. The van der Waals surface area contributed by atoms with E-state index in [1.807, 2.05) is 0 Å². The van der Waals surface area contributed by atoms with E-state index < -0.39 is 29.4 Å². The second kappa shape index (κ2) is 10.7. The van der Waals surface area contributed by atoms with E-state index in [1.54, 1.807) is 20.0 Å². The number of hydrogen-bond acceptors (Lipinski definition) is 6. The molecular formula is C19H25Cl2F3N4O4. The van der Waals surface area contributed by atoms with Gasteiger partial charge in [0.15, 0.2) is 0 Å². The number of carbonyl (C=O) groups excluding carboxylic acids is 1. The number of nitrogens with one attached hydrogen (secondary N) is 1. The summed E-state index contributed by atoms with van der Waals surface area (Å²) >= 11 is 0. The lowest BCUT2D eigenvalue weighted by Crippen LogP contribution is -2.41. The number of aliphatic hydroxyl groups excluding tert-OH is 2. The molecule has 2 aromatic rings. The number of hydrogen-bond donors (Lipinski definition) is 3. The number of rotatable bonds is 6.